The first-order valence-corrected chi connectivity index (χ1v) is 11.5. The number of aromatic nitrogens is 1. The van der Waals surface area contributed by atoms with Crippen LogP contribution in [0.3, 0.4) is 0 Å². The number of pyridine rings is 1. The zero-order valence-electron chi connectivity index (χ0n) is 19.5. The molecule has 2 aromatic heterocycles. The fraction of sp³-hybridized carbons (Fsp3) is 0.320. The van der Waals surface area contributed by atoms with Gasteiger partial charge in [-0.3, -0.25) is 19.5 Å². The number of nitrogens with zero attached hydrogens (tertiary/aromatic N) is 3. The molecule has 1 aliphatic carbocycles. The summed E-state index contributed by atoms with van der Waals surface area (Å²) in [5, 5.41) is 19.0. The van der Waals surface area contributed by atoms with Crippen LogP contribution in [-0.4, -0.2) is 81.5 Å². The molecule has 0 atom stereocenters. The summed E-state index contributed by atoms with van der Waals surface area (Å²) >= 11 is 0. The first kappa shape index (κ1) is 24.9. The van der Waals surface area contributed by atoms with Gasteiger partial charge in [0.25, 0.3) is 5.91 Å². The summed E-state index contributed by atoms with van der Waals surface area (Å²) in [6, 6.07) is 11.4. The van der Waals surface area contributed by atoms with E-state index in [-0.39, 0.29) is 11.8 Å². The molecule has 1 saturated heterocycles. The molecule has 0 radical (unpaired) electrons. The van der Waals surface area contributed by atoms with Crippen LogP contribution in [0.5, 0.6) is 0 Å². The molecule has 0 saturated carbocycles. The average Bonchev–Trinajstić information content (AvgIpc) is 3.57. The summed E-state index contributed by atoms with van der Waals surface area (Å²) in [7, 11) is 0. The van der Waals surface area contributed by atoms with E-state index in [9.17, 15) is 9.59 Å². The molecule has 188 valence electrons. The lowest BCUT2D eigenvalue weighted by atomic mass is 10.1. The molecule has 0 bridgehead atoms. The summed E-state index contributed by atoms with van der Waals surface area (Å²) in [4.78, 5) is 52.1. The minimum atomic E-state index is -1.82. The highest BCUT2D eigenvalue weighted by Crippen LogP contribution is 2.33. The van der Waals surface area contributed by atoms with E-state index in [0.717, 1.165) is 41.5 Å². The molecule has 3 aromatic rings. The van der Waals surface area contributed by atoms with Gasteiger partial charge in [0.2, 0.25) is 5.91 Å². The molecule has 0 unspecified atom stereocenters. The Kier molecular flexibility index (Phi) is 7.59. The van der Waals surface area contributed by atoms with E-state index in [0.29, 0.717) is 38.5 Å². The highest BCUT2D eigenvalue weighted by molar-refractivity contribution is 6.27. The molecular weight excluding hydrogens is 468 g/mol. The number of carbonyl (C=O) groups excluding carboxylic acids is 2. The molecule has 0 spiro atoms. The van der Waals surface area contributed by atoms with Crippen LogP contribution < -0.4 is 5.32 Å². The third kappa shape index (κ3) is 5.69. The summed E-state index contributed by atoms with van der Waals surface area (Å²) in [5.74, 6) is -3.40. The van der Waals surface area contributed by atoms with Gasteiger partial charge in [-0.15, -0.1) is 0 Å². The van der Waals surface area contributed by atoms with E-state index in [1.165, 1.54) is 11.8 Å². The van der Waals surface area contributed by atoms with Gasteiger partial charge in [0.05, 0.1) is 24.0 Å². The fourth-order valence-corrected chi connectivity index (χ4v) is 4.40. The van der Waals surface area contributed by atoms with Crippen molar-refractivity contribution in [3.05, 3.63) is 59.7 Å². The maximum atomic E-state index is 12.9. The molecular formula is C25H26N4O7. The van der Waals surface area contributed by atoms with Crippen molar-refractivity contribution in [3.63, 3.8) is 0 Å². The van der Waals surface area contributed by atoms with Crippen molar-refractivity contribution in [3.8, 4) is 0 Å². The van der Waals surface area contributed by atoms with Gasteiger partial charge in [-0.1, -0.05) is 18.2 Å². The second kappa shape index (κ2) is 11.0. The highest BCUT2D eigenvalue weighted by atomic mass is 16.4. The number of carboxylic acid groups (broad SMARTS) is 2. The van der Waals surface area contributed by atoms with Crippen molar-refractivity contribution in [1.82, 2.24) is 14.8 Å². The predicted molar refractivity (Wildman–Crippen MR) is 129 cm³/mol. The summed E-state index contributed by atoms with van der Waals surface area (Å²) in [6.45, 7) is 2.80. The lowest BCUT2D eigenvalue weighted by molar-refractivity contribution is -0.159. The highest BCUT2D eigenvalue weighted by Gasteiger charge is 2.26. The van der Waals surface area contributed by atoms with Crippen LogP contribution in [0, 0.1) is 0 Å². The molecule has 2 amide bonds. The molecule has 11 nitrogen and oxygen atoms in total. The Morgan fingerprint density at radius 1 is 0.944 bits per heavy atom. The van der Waals surface area contributed by atoms with E-state index < -0.39 is 11.9 Å². The number of piperazine rings is 1. The van der Waals surface area contributed by atoms with Crippen LogP contribution in [0.4, 0.5) is 5.69 Å². The minimum Gasteiger partial charge on any atom is -0.473 e. The van der Waals surface area contributed by atoms with Crippen molar-refractivity contribution in [1.29, 1.82) is 0 Å². The van der Waals surface area contributed by atoms with Crippen molar-refractivity contribution >= 4 is 40.3 Å². The molecule has 5 rings (SSSR count). The van der Waals surface area contributed by atoms with Crippen LogP contribution in [0.15, 0.2) is 47.1 Å². The van der Waals surface area contributed by atoms with Gasteiger partial charge in [-0.05, 0) is 43.0 Å². The third-order valence-electron chi connectivity index (χ3n) is 6.13. The third-order valence-corrected chi connectivity index (χ3v) is 6.13. The summed E-state index contributed by atoms with van der Waals surface area (Å²) < 4.78 is 5.20. The topological polar surface area (TPSA) is 153 Å². The van der Waals surface area contributed by atoms with Gasteiger partial charge in [-0.25, -0.2) is 9.59 Å². The summed E-state index contributed by atoms with van der Waals surface area (Å²) in [5.41, 5.74) is 4.13. The standard InChI is InChI=1S/C23H24N4O3.C2H2O4/c28-21(15-26-10-12-27(13-11-26)23(29)20-9-4-14-30-20)25-22-16-5-1-2-7-18(16)24-19-8-3-6-17(19)22;3-1(4)2(5)6/h1-2,4-5,7,9,14H,3,6,8,10-13,15H2,(H,24,25,28);(H,3,4)(H,5,6). The lowest BCUT2D eigenvalue weighted by Gasteiger charge is -2.33. The average molecular weight is 495 g/mol. The SMILES string of the molecule is O=C(CN1CCN(C(=O)c2ccco2)CC1)Nc1c2c(nc3ccccc13)CCC2.O=C(O)C(=O)O. The Bertz CT molecular complexity index is 1270. The Balaban J connectivity index is 0.000000455. The van der Waals surface area contributed by atoms with Gasteiger partial charge in [0, 0.05) is 37.3 Å². The number of fused-ring (bicyclic) bond motifs is 2. The number of amides is 2. The van der Waals surface area contributed by atoms with Gasteiger partial charge in [-0.2, -0.15) is 0 Å². The number of carbonyl (C=O) groups is 4. The van der Waals surface area contributed by atoms with Gasteiger partial charge in [0.1, 0.15) is 0 Å². The smallest absolute Gasteiger partial charge is 0.414 e. The molecule has 36 heavy (non-hydrogen) atoms. The first-order valence-electron chi connectivity index (χ1n) is 11.5. The predicted octanol–water partition coefficient (Wildman–Crippen LogP) is 1.87. The monoisotopic (exact) mass is 494 g/mol. The van der Waals surface area contributed by atoms with Crippen molar-refractivity contribution < 1.29 is 33.8 Å². The number of hydrogen-bond acceptors (Lipinski definition) is 7. The molecule has 2 aliphatic rings. The Labute approximate surface area is 206 Å². The Hall–Kier alpha value is -4.25. The Morgan fingerprint density at radius 3 is 2.33 bits per heavy atom. The number of anilines is 1. The molecule has 1 aliphatic heterocycles. The van der Waals surface area contributed by atoms with E-state index in [2.05, 4.69) is 10.2 Å². The second-order valence-corrected chi connectivity index (χ2v) is 8.49. The van der Waals surface area contributed by atoms with Crippen molar-refractivity contribution in [2.75, 3.05) is 38.0 Å². The van der Waals surface area contributed by atoms with Gasteiger partial charge < -0.3 is 24.8 Å². The van der Waals surface area contributed by atoms with E-state index in [4.69, 9.17) is 29.2 Å². The van der Waals surface area contributed by atoms with E-state index in [1.807, 2.05) is 24.3 Å². The molecule has 1 fully saturated rings. The van der Waals surface area contributed by atoms with Crippen LogP contribution in [0.2, 0.25) is 0 Å². The number of aryl methyl sites for hydroxylation is 1. The van der Waals surface area contributed by atoms with Crippen LogP contribution >= 0.6 is 0 Å². The zero-order chi connectivity index (χ0) is 25.7. The zero-order valence-corrected chi connectivity index (χ0v) is 19.5. The summed E-state index contributed by atoms with van der Waals surface area (Å²) in [6.07, 6.45) is 4.51. The largest absolute Gasteiger partial charge is 0.473 e. The minimum absolute atomic E-state index is 0.0220. The second-order valence-electron chi connectivity index (χ2n) is 8.49. The van der Waals surface area contributed by atoms with Crippen LogP contribution in [-0.2, 0) is 27.2 Å². The normalized spacial score (nSPS) is 15.1. The Morgan fingerprint density at radius 2 is 1.67 bits per heavy atom. The number of rotatable bonds is 4. The fourth-order valence-electron chi connectivity index (χ4n) is 4.40. The quantitative estimate of drug-likeness (QED) is 0.461. The van der Waals surface area contributed by atoms with E-state index >= 15 is 0 Å². The first-order chi connectivity index (χ1) is 17.3. The molecule has 11 heteroatoms. The van der Waals surface area contributed by atoms with Crippen molar-refractivity contribution in [2.24, 2.45) is 0 Å². The number of benzene rings is 1. The van der Waals surface area contributed by atoms with Gasteiger partial charge in [0.15, 0.2) is 5.76 Å². The maximum Gasteiger partial charge on any atom is 0.414 e. The number of nitrogens with one attached hydrogen (secondary N) is 1. The molecule has 3 N–H and O–H groups in total. The number of para-hydroxylation sites is 1. The van der Waals surface area contributed by atoms with Crippen molar-refractivity contribution in [2.45, 2.75) is 19.3 Å². The van der Waals surface area contributed by atoms with Crippen LogP contribution in [0.1, 0.15) is 28.2 Å². The van der Waals surface area contributed by atoms with Gasteiger partial charge >= 0.3 is 11.9 Å². The maximum absolute atomic E-state index is 12.9. The van der Waals surface area contributed by atoms with E-state index in [1.54, 1.807) is 17.0 Å². The number of aliphatic carboxylic acids is 2. The number of carboxylic acids is 2. The number of hydrogen-bond donors (Lipinski definition) is 3. The number of furan rings is 1. The molecule has 3 heterocycles. The molecule has 1 aromatic carbocycles. The van der Waals surface area contributed by atoms with Crippen LogP contribution in [0.25, 0.3) is 10.9 Å². The lowest BCUT2D eigenvalue weighted by Crippen LogP contribution is -2.50.